The van der Waals surface area contributed by atoms with Crippen LogP contribution in [-0.2, 0) is 87.9 Å². The Balaban J connectivity index is 1.74. The average molecular weight is 1600 g/mol. The molecule has 40 heteroatoms. The van der Waals surface area contributed by atoms with E-state index >= 15 is 0 Å². The van der Waals surface area contributed by atoms with Crippen LogP contribution in [0.15, 0.2) is 12.5 Å². The van der Waals surface area contributed by atoms with Gasteiger partial charge in [-0.05, 0) is 119 Å². The van der Waals surface area contributed by atoms with Crippen LogP contribution in [0.4, 0.5) is 0 Å². The molecule has 0 bridgehead atoms. The fourth-order valence-electron chi connectivity index (χ4n) is 12.2. The lowest BCUT2D eigenvalue weighted by molar-refractivity contribution is -0.143. The number of nitrogens with one attached hydrogen (secondary N) is 16. The van der Waals surface area contributed by atoms with Crippen LogP contribution in [0.25, 0.3) is 0 Å². The second-order valence-electron chi connectivity index (χ2n) is 30.6. The van der Waals surface area contributed by atoms with E-state index in [9.17, 15) is 96.8 Å². The van der Waals surface area contributed by atoms with Gasteiger partial charge in [0, 0.05) is 19.2 Å². The molecule has 21 N–H and O–H groups in total. The fraction of sp³-hybridized carbons (Fsp3) is 0.722. The van der Waals surface area contributed by atoms with Crippen LogP contribution < -0.4 is 85.5 Å². The largest absolute Gasteiger partial charge is 0.480 e. The number of aliphatic hydroxyl groups is 2. The SMILES string of the molecule is CSCC[C@H](NC(=O)CNC(=O)CNC(=O)[C@H](CO)NC(=O)[C@H](CC(C)C)NC(=O)[C@@H]1CCCN1C(=O)[C@H](CO)NC(=O)[C@H](CC(N)=O)NC(=O)[C@H](CC(C)C)NC(=O)[C@H](C)NC(=O)[C@@H](NC(=O)[C@H](CC(C)C)NC(=O)[C@H](Cc1c[nH]cn1)NC(=O)[C@H](CC(C)C)NC(=O)[C@@H](NC(=O)[C@@H]1CCCN1)C(C)C)C(C)C)C(=O)O. The number of aromatic amines is 1. The van der Waals surface area contributed by atoms with Crippen molar-refractivity contribution in [2.45, 2.75) is 245 Å². The molecule has 2 aliphatic rings. The number of carbonyl (C=O) groups excluding carboxylic acids is 16. The molecule has 0 aliphatic carbocycles. The van der Waals surface area contributed by atoms with Gasteiger partial charge in [0.2, 0.25) is 94.5 Å². The molecule has 0 unspecified atom stereocenters. The third-order valence-electron chi connectivity index (χ3n) is 18.2. The van der Waals surface area contributed by atoms with E-state index in [1.165, 1.54) is 31.2 Å². The number of carbonyl (C=O) groups is 17. The number of rotatable bonds is 49. The van der Waals surface area contributed by atoms with Gasteiger partial charge >= 0.3 is 5.97 Å². The molecule has 2 saturated heterocycles. The summed E-state index contributed by atoms with van der Waals surface area (Å²) in [7, 11) is 0. The summed E-state index contributed by atoms with van der Waals surface area (Å²) >= 11 is 1.37. The number of likely N-dealkylation sites (tertiary alicyclic amines) is 1. The molecule has 1 aromatic heterocycles. The maximum Gasteiger partial charge on any atom is 0.326 e. The summed E-state index contributed by atoms with van der Waals surface area (Å²) in [6.07, 6.45) is 5.42. The average Bonchev–Trinajstić information content (AvgIpc) is 1.51. The number of aliphatic carboxylic acids is 1. The molecule has 14 atom stereocenters. The molecule has 39 nitrogen and oxygen atoms in total. The van der Waals surface area contributed by atoms with Crippen molar-refractivity contribution in [3.63, 3.8) is 0 Å². The molecule has 1 aromatic rings. The summed E-state index contributed by atoms with van der Waals surface area (Å²) in [5.41, 5.74) is 5.90. The van der Waals surface area contributed by atoms with Crippen LogP contribution in [0, 0.1) is 35.5 Å². The number of aromatic nitrogens is 2. The van der Waals surface area contributed by atoms with Gasteiger partial charge in [0.05, 0.1) is 50.8 Å². The summed E-state index contributed by atoms with van der Waals surface area (Å²) in [6.45, 7) is 19.3. The van der Waals surface area contributed by atoms with E-state index in [4.69, 9.17) is 5.73 Å². The number of hydrogen-bond donors (Lipinski definition) is 20. The van der Waals surface area contributed by atoms with Crippen LogP contribution in [0.3, 0.4) is 0 Å². The Morgan fingerprint density at radius 2 is 0.964 bits per heavy atom. The lowest BCUT2D eigenvalue weighted by Crippen LogP contribution is -2.62. The van der Waals surface area contributed by atoms with Crippen LogP contribution in [0.5, 0.6) is 0 Å². The molecule has 3 rings (SSSR count). The zero-order chi connectivity index (χ0) is 84.4. The number of hydrogen-bond acceptors (Lipinski definition) is 22. The quantitative estimate of drug-likeness (QED) is 0.0290. The minimum Gasteiger partial charge on any atom is -0.480 e. The number of nitrogens with two attached hydrogens (primary N) is 1. The topological polar surface area (TPSA) is 589 Å². The Morgan fingerprint density at radius 1 is 0.500 bits per heavy atom. The van der Waals surface area contributed by atoms with Gasteiger partial charge < -0.3 is 111 Å². The third-order valence-corrected chi connectivity index (χ3v) is 18.8. The summed E-state index contributed by atoms with van der Waals surface area (Å²) < 4.78 is 0. The normalized spacial score (nSPS) is 17.3. The Bertz CT molecular complexity index is 3370. The molecular weight excluding hydrogens is 1480 g/mol. The van der Waals surface area contributed by atoms with E-state index in [0.29, 0.717) is 24.4 Å². The van der Waals surface area contributed by atoms with Crippen LogP contribution in [0.2, 0.25) is 0 Å². The number of thioether (sulfide) groups is 1. The highest BCUT2D eigenvalue weighted by atomic mass is 32.2. The maximum atomic E-state index is 14.5. The lowest BCUT2D eigenvalue weighted by atomic mass is 9.98. The van der Waals surface area contributed by atoms with Gasteiger partial charge in [0.1, 0.15) is 78.5 Å². The molecule has 630 valence electrons. The van der Waals surface area contributed by atoms with Crippen molar-refractivity contribution < 1.29 is 96.8 Å². The minimum atomic E-state index is -1.84. The minimum absolute atomic E-state index is 0.0270. The van der Waals surface area contributed by atoms with E-state index in [0.717, 1.165) is 11.3 Å². The van der Waals surface area contributed by atoms with Gasteiger partial charge in [0.15, 0.2) is 0 Å². The fourth-order valence-corrected chi connectivity index (χ4v) is 12.7. The first-order valence-corrected chi connectivity index (χ1v) is 39.4. The third kappa shape index (κ3) is 33.4. The number of carboxylic acid groups (broad SMARTS) is 1. The number of nitrogens with zero attached hydrogens (tertiary/aromatic N) is 2. The Hall–Kier alpha value is -9.57. The van der Waals surface area contributed by atoms with Crippen molar-refractivity contribution in [3.05, 3.63) is 18.2 Å². The second kappa shape index (κ2) is 48.4. The molecular formula is C72H121N19O20S. The van der Waals surface area contributed by atoms with Gasteiger partial charge in [-0.15, -0.1) is 0 Å². The molecule has 0 radical (unpaired) electrons. The Kier molecular flexibility index (Phi) is 41.7. The van der Waals surface area contributed by atoms with Crippen molar-refractivity contribution in [1.82, 2.24) is 94.6 Å². The first-order valence-electron chi connectivity index (χ1n) is 38.0. The van der Waals surface area contributed by atoms with E-state index < -0.39 is 218 Å². The Morgan fingerprint density at radius 3 is 1.46 bits per heavy atom. The zero-order valence-corrected chi connectivity index (χ0v) is 67.4. The van der Waals surface area contributed by atoms with Gasteiger partial charge in [0.25, 0.3) is 0 Å². The van der Waals surface area contributed by atoms with Crippen molar-refractivity contribution in [1.29, 1.82) is 0 Å². The zero-order valence-electron chi connectivity index (χ0n) is 66.6. The molecule has 3 heterocycles. The van der Waals surface area contributed by atoms with Crippen molar-refractivity contribution >= 4 is 112 Å². The predicted molar refractivity (Wildman–Crippen MR) is 409 cm³/mol. The number of aliphatic hydroxyl groups excluding tert-OH is 2. The maximum absolute atomic E-state index is 14.5. The molecule has 16 amide bonds. The highest BCUT2D eigenvalue weighted by Crippen LogP contribution is 2.21. The number of amides is 16. The number of imidazole rings is 1. The summed E-state index contributed by atoms with van der Waals surface area (Å²) in [6, 6.07) is -18.8. The van der Waals surface area contributed by atoms with Crippen molar-refractivity contribution in [3.8, 4) is 0 Å². The predicted octanol–water partition coefficient (Wildman–Crippen LogP) is -5.04. The second-order valence-corrected chi connectivity index (χ2v) is 31.6. The Labute approximate surface area is 657 Å². The standard InChI is InChI=1S/C72H121N19O20S/c1-35(2)23-45(62(100)84-50(28-54(73)94)66(104)88-52(33-93)71(109)91-21-16-18-53(91)68(106)85-46(24-36(3)4)64(102)87-51(32-92)60(98)77-30-55(95)76-31-56(96)80-44(72(110)111)19-22-112-14)81-59(97)41(13)79-69(107)57(39(9)10)90-67(105)48(26-38(7)8)82-65(103)49(27-42-29-74-34-78-42)83-63(101)47(25-37(5)6)86-70(108)58(40(11)12)89-61(99)43-17-15-20-75-43/h29,34-41,43-53,57-58,75,92-93H,15-28,30-33H2,1-14H3,(H2,73,94)(H,74,78)(H,76,95)(H,77,98)(H,79,107)(H,80,96)(H,81,97)(H,82,103)(H,83,101)(H,84,100)(H,85,106)(H,86,108)(H,87,102)(H,88,104)(H,89,99)(H,90,105)(H,110,111)/t41-,43-,44-,45-,46-,47-,48-,49-,50-,51-,52-,53-,57-,58-/m0/s1. The van der Waals surface area contributed by atoms with Gasteiger partial charge in [-0.3, -0.25) is 76.7 Å². The van der Waals surface area contributed by atoms with E-state index in [-0.39, 0.29) is 93.4 Å². The molecule has 2 aliphatic heterocycles. The molecule has 0 aromatic carbocycles. The number of primary amides is 1. The van der Waals surface area contributed by atoms with Gasteiger partial charge in [-0.25, -0.2) is 9.78 Å². The summed E-state index contributed by atoms with van der Waals surface area (Å²) in [5.74, 6) is -16.8. The summed E-state index contributed by atoms with van der Waals surface area (Å²) in [5, 5.41) is 68.4. The van der Waals surface area contributed by atoms with Gasteiger partial charge in [-0.1, -0.05) is 83.1 Å². The molecule has 0 saturated carbocycles. The molecule has 2 fully saturated rings. The smallest absolute Gasteiger partial charge is 0.326 e. The summed E-state index contributed by atoms with van der Waals surface area (Å²) in [4.78, 5) is 239. The lowest BCUT2D eigenvalue weighted by Gasteiger charge is -2.30. The first kappa shape index (κ1) is 96.6. The van der Waals surface area contributed by atoms with Crippen LogP contribution >= 0.6 is 11.8 Å². The number of carboxylic acids is 1. The van der Waals surface area contributed by atoms with E-state index in [1.807, 2.05) is 13.8 Å². The monoisotopic (exact) mass is 1600 g/mol. The molecule has 0 spiro atoms. The highest BCUT2D eigenvalue weighted by Gasteiger charge is 2.42. The van der Waals surface area contributed by atoms with Gasteiger partial charge in [-0.2, -0.15) is 11.8 Å². The van der Waals surface area contributed by atoms with Crippen molar-refractivity contribution in [2.24, 2.45) is 41.2 Å². The van der Waals surface area contributed by atoms with E-state index in [2.05, 4.69) is 89.7 Å². The molecule has 112 heavy (non-hydrogen) atoms. The van der Waals surface area contributed by atoms with Crippen LogP contribution in [-0.4, -0.2) is 267 Å². The highest BCUT2D eigenvalue weighted by molar-refractivity contribution is 7.98. The van der Waals surface area contributed by atoms with Crippen LogP contribution in [0.1, 0.15) is 160 Å². The number of H-pyrrole nitrogens is 1. The first-order chi connectivity index (χ1) is 52.6. The van der Waals surface area contributed by atoms with Crippen molar-refractivity contribution in [2.75, 3.05) is 51.4 Å². The van der Waals surface area contributed by atoms with E-state index in [1.54, 1.807) is 75.5 Å².